The molecule has 1 aromatic heterocycles. The molecule has 0 saturated carbocycles. The summed E-state index contributed by atoms with van der Waals surface area (Å²) < 4.78 is 33.8. The van der Waals surface area contributed by atoms with E-state index in [9.17, 15) is 8.42 Å². The maximum atomic E-state index is 13.5. The second kappa shape index (κ2) is 6.70. The molecule has 0 radical (unpaired) electrons. The van der Waals surface area contributed by atoms with Crippen LogP contribution >= 0.6 is 0 Å². The molecule has 2 unspecified atom stereocenters. The van der Waals surface area contributed by atoms with Crippen LogP contribution in [0.5, 0.6) is 0 Å². The summed E-state index contributed by atoms with van der Waals surface area (Å²) in [6.45, 7) is 5.57. The fraction of sp³-hybridized carbons (Fsp3) is 0.526. The van der Waals surface area contributed by atoms with E-state index in [1.807, 2.05) is 33.2 Å². The topological polar surface area (TPSA) is 78.7 Å². The third-order valence-electron chi connectivity index (χ3n) is 5.81. The number of fused-ring (bicyclic) bond motifs is 1. The van der Waals surface area contributed by atoms with Gasteiger partial charge in [0.2, 0.25) is 10.0 Å². The standard InChI is InChI=1S/C19H26N4O3S/c1-14-4-5-15(17-6-7-21-26-17)8-18(14)27(24,25)23-10-16-9-20-11-19(16,13-23)12-22(2)3/h4-8,16,20H,9-13H2,1-3H3. The number of nitrogens with zero attached hydrogens (tertiary/aromatic N) is 3. The Morgan fingerprint density at radius 1 is 1.37 bits per heavy atom. The number of nitrogens with one attached hydrogen (secondary N) is 1. The van der Waals surface area contributed by atoms with E-state index < -0.39 is 10.0 Å². The summed E-state index contributed by atoms with van der Waals surface area (Å²) in [4.78, 5) is 2.51. The first-order chi connectivity index (χ1) is 12.8. The fourth-order valence-corrected chi connectivity index (χ4v) is 6.38. The molecular formula is C19H26N4O3S. The molecule has 1 aromatic carbocycles. The van der Waals surface area contributed by atoms with Crippen LogP contribution in [0.25, 0.3) is 11.3 Å². The van der Waals surface area contributed by atoms with Crippen molar-refractivity contribution in [1.82, 2.24) is 19.7 Å². The number of aryl methyl sites for hydroxylation is 1. The average molecular weight is 391 g/mol. The molecule has 2 aromatic rings. The third-order valence-corrected chi connectivity index (χ3v) is 7.76. The number of sulfonamides is 1. The van der Waals surface area contributed by atoms with Crippen molar-refractivity contribution in [2.24, 2.45) is 11.3 Å². The molecule has 0 bridgehead atoms. The van der Waals surface area contributed by atoms with Gasteiger partial charge in [-0.2, -0.15) is 4.31 Å². The van der Waals surface area contributed by atoms with Crippen molar-refractivity contribution >= 4 is 10.0 Å². The number of benzene rings is 1. The quantitative estimate of drug-likeness (QED) is 0.832. The lowest BCUT2D eigenvalue weighted by atomic mass is 9.81. The van der Waals surface area contributed by atoms with Gasteiger partial charge in [-0.15, -0.1) is 0 Å². The van der Waals surface area contributed by atoms with Crippen molar-refractivity contribution in [3.63, 3.8) is 0 Å². The third kappa shape index (κ3) is 3.20. The van der Waals surface area contributed by atoms with Gasteiger partial charge in [0.1, 0.15) is 0 Å². The lowest BCUT2D eigenvalue weighted by Crippen LogP contribution is -2.42. The van der Waals surface area contributed by atoms with Crippen LogP contribution in [0, 0.1) is 18.3 Å². The summed E-state index contributed by atoms with van der Waals surface area (Å²) in [5.74, 6) is 0.908. The first kappa shape index (κ1) is 18.6. The SMILES string of the molecule is Cc1ccc(-c2ccno2)cc1S(=O)(=O)N1CC2CNCC2(CN(C)C)C1. The number of rotatable bonds is 5. The first-order valence-corrected chi connectivity index (χ1v) is 10.6. The number of hydrogen-bond acceptors (Lipinski definition) is 6. The Morgan fingerprint density at radius 2 is 2.19 bits per heavy atom. The van der Waals surface area contributed by atoms with Gasteiger partial charge in [0.05, 0.1) is 11.1 Å². The van der Waals surface area contributed by atoms with Gasteiger partial charge in [-0.3, -0.25) is 0 Å². The van der Waals surface area contributed by atoms with E-state index >= 15 is 0 Å². The molecule has 8 heteroatoms. The van der Waals surface area contributed by atoms with E-state index in [1.165, 1.54) is 0 Å². The van der Waals surface area contributed by atoms with Crippen LogP contribution in [-0.2, 0) is 10.0 Å². The highest BCUT2D eigenvalue weighted by Crippen LogP contribution is 2.42. The average Bonchev–Trinajstić information content (AvgIpc) is 3.29. The molecule has 0 spiro atoms. The minimum Gasteiger partial charge on any atom is -0.356 e. The Kier molecular flexibility index (Phi) is 4.62. The Balaban J connectivity index is 1.68. The second-order valence-electron chi connectivity index (χ2n) is 8.08. The molecule has 2 atom stereocenters. The predicted molar refractivity (Wildman–Crippen MR) is 103 cm³/mol. The van der Waals surface area contributed by atoms with E-state index in [0.717, 1.165) is 30.8 Å². The minimum atomic E-state index is -3.57. The highest BCUT2D eigenvalue weighted by atomic mass is 32.2. The molecule has 146 valence electrons. The van der Waals surface area contributed by atoms with Crippen LogP contribution < -0.4 is 5.32 Å². The minimum absolute atomic E-state index is 0.0208. The Bertz CT molecular complexity index is 926. The van der Waals surface area contributed by atoms with E-state index in [0.29, 0.717) is 29.7 Å². The van der Waals surface area contributed by atoms with Gasteiger partial charge in [0.25, 0.3) is 0 Å². The maximum Gasteiger partial charge on any atom is 0.243 e. The summed E-state index contributed by atoms with van der Waals surface area (Å²) in [7, 11) is 0.522. The van der Waals surface area contributed by atoms with Crippen molar-refractivity contribution in [1.29, 1.82) is 0 Å². The fourth-order valence-electron chi connectivity index (χ4n) is 4.54. The molecule has 2 fully saturated rings. The lowest BCUT2D eigenvalue weighted by Gasteiger charge is -2.31. The van der Waals surface area contributed by atoms with Crippen LogP contribution in [0.2, 0.25) is 0 Å². The number of hydrogen-bond donors (Lipinski definition) is 1. The number of aromatic nitrogens is 1. The summed E-state index contributed by atoms with van der Waals surface area (Å²) in [5.41, 5.74) is 1.45. The van der Waals surface area contributed by atoms with E-state index in [1.54, 1.807) is 22.6 Å². The van der Waals surface area contributed by atoms with Gasteiger partial charge in [-0.25, -0.2) is 8.42 Å². The highest BCUT2D eigenvalue weighted by molar-refractivity contribution is 7.89. The zero-order valence-corrected chi connectivity index (χ0v) is 16.8. The van der Waals surface area contributed by atoms with Gasteiger partial charge in [0, 0.05) is 43.2 Å². The van der Waals surface area contributed by atoms with Gasteiger partial charge in [-0.1, -0.05) is 17.3 Å². The van der Waals surface area contributed by atoms with Crippen molar-refractivity contribution < 1.29 is 12.9 Å². The van der Waals surface area contributed by atoms with Gasteiger partial charge in [-0.05, 0) is 45.1 Å². The molecule has 7 nitrogen and oxygen atoms in total. The summed E-state index contributed by atoms with van der Waals surface area (Å²) in [6, 6.07) is 7.14. The second-order valence-corrected chi connectivity index (χ2v) is 9.99. The van der Waals surface area contributed by atoms with Crippen molar-refractivity contribution in [3.05, 3.63) is 36.0 Å². The molecule has 27 heavy (non-hydrogen) atoms. The van der Waals surface area contributed by atoms with Crippen molar-refractivity contribution in [2.75, 3.05) is 46.8 Å². The molecule has 2 aliphatic heterocycles. The van der Waals surface area contributed by atoms with Crippen LogP contribution in [0.1, 0.15) is 5.56 Å². The molecular weight excluding hydrogens is 364 g/mol. The molecule has 0 aliphatic carbocycles. The maximum absolute atomic E-state index is 13.5. The Hall–Kier alpha value is -1.74. The predicted octanol–water partition coefficient (Wildman–Crippen LogP) is 1.42. The van der Waals surface area contributed by atoms with Crippen LogP contribution in [0.15, 0.2) is 39.9 Å². The van der Waals surface area contributed by atoms with Gasteiger partial charge < -0.3 is 14.7 Å². The zero-order valence-electron chi connectivity index (χ0n) is 16.0. The van der Waals surface area contributed by atoms with Crippen LogP contribution in [-0.4, -0.2) is 69.6 Å². The van der Waals surface area contributed by atoms with Crippen LogP contribution in [0.4, 0.5) is 0 Å². The van der Waals surface area contributed by atoms with Gasteiger partial charge >= 0.3 is 0 Å². The largest absolute Gasteiger partial charge is 0.356 e. The van der Waals surface area contributed by atoms with Crippen molar-refractivity contribution in [2.45, 2.75) is 11.8 Å². The Morgan fingerprint density at radius 3 is 2.89 bits per heavy atom. The highest BCUT2D eigenvalue weighted by Gasteiger charge is 2.52. The van der Waals surface area contributed by atoms with Crippen molar-refractivity contribution in [3.8, 4) is 11.3 Å². The van der Waals surface area contributed by atoms with Gasteiger partial charge in [0.15, 0.2) is 5.76 Å². The Labute approximate surface area is 160 Å². The van der Waals surface area contributed by atoms with E-state index in [-0.39, 0.29) is 5.41 Å². The van der Waals surface area contributed by atoms with Crippen LogP contribution in [0.3, 0.4) is 0 Å². The first-order valence-electron chi connectivity index (χ1n) is 9.19. The van der Waals surface area contributed by atoms with E-state index in [4.69, 9.17) is 4.52 Å². The summed E-state index contributed by atoms with van der Waals surface area (Å²) in [6.07, 6.45) is 1.56. The smallest absolute Gasteiger partial charge is 0.243 e. The summed E-state index contributed by atoms with van der Waals surface area (Å²) in [5, 5.41) is 7.17. The monoisotopic (exact) mass is 390 g/mol. The zero-order chi connectivity index (χ0) is 19.2. The lowest BCUT2D eigenvalue weighted by molar-refractivity contribution is 0.198. The van der Waals surface area contributed by atoms with E-state index in [2.05, 4.69) is 15.4 Å². The molecule has 0 amide bonds. The molecule has 4 rings (SSSR count). The summed E-state index contributed by atoms with van der Waals surface area (Å²) >= 11 is 0. The molecule has 2 aliphatic rings. The molecule has 1 N–H and O–H groups in total. The molecule has 3 heterocycles. The molecule has 2 saturated heterocycles. The normalized spacial score (nSPS) is 26.0.